The van der Waals surface area contributed by atoms with Crippen LogP contribution in [0.15, 0.2) is 0 Å². The van der Waals surface area contributed by atoms with Crippen LogP contribution in [0.5, 0.6) is 0 Å². The molecule has 0 aliphatic carbocycles. The Morgan fingerprint density at radius 1 is 1.19 bits per heavy atom. The van der Waals surface area contributed by atoms with Crippen LogP contribution in [0.25, 0.3) is 0 Å². The number of piperidine rings is 1. The lowest BCUT2D eigenvalue weighted by molar-refractivity contribution is 0.232. The van der Waals surface area contributed by atoms with Crippen molar-refractivity contribution in [2.24, 2.45) is 0 Å². The minimum absolute atomic E-state index is 0.0508. The number of hydrogen-bond donors (Lipinski definition) is 2. The van der Waals surface area contributed by atoms with Gasteiger partial charge in [0, 0.05) is 18.6 Å². The van der Waals surface area contributed by atoms with Gasteiger partial charge < -0.3 is 15.5 Å². The fourth-order valence-corrected chi connectivity index (χ4v) is 2.30. The molecular formula is C12H25N3S. The van der Waals surface area contributed by atoms with E-state index in [1.165, 1.54) is 32.4 Å². The van der Waals surface area contributed by atoms with Gasteiger partial charge in [0.25, 0.3) is 0 Å². The number of likely N-dealkylation sites (tertiary alicyclic amines) is 1. The first-order valence-corrected chi connectivity index (χ1v) is 6.66. The molecule has 0 aromatic carbocycles. The third-order valence-corrected chi connectivity index (χ3v) is 2.90. The van der Waals surface area contributed by atoms with Gasteiger partial charge in [0.05, 0.1) is 0 Å². The van der Waals surface area contributed by atoms with E-state index in [9.17, 15) is 0 Å². The fraction of sp³-hybridized carbons (Fsp3) is 0.917. The standard InChI is InChI=1S/C12H25N3S/c1-12(2,3)14-11(16)13-7-10-15-8-5-4-6-9-15/h4-10H2,1-3H3,(H2,13,14,16). The van der Waals surface area contributed by atoms with Gasteiger partial charge in [-0.25, -0.2) is 0 Å². The molecule has 16 heavy (non-hydrogen) atoms. The van der Waals surface area contributed by atoms with E-state index in [2.05, 4.69) is 36.3 Å². The summed E-state index contributed by atoms with van der Waals surface area (Å²) in [5.41, 5.74) is 0.0508. The smallest absolute Gasteiger partial charge is 0.166 e. The molecule has 3 nitrogen and oxygen atoms in total. The van der Waals surface area contributed by atoms with Crippen molar-refractivity contribution in [3.8, 4) is 0 Å². The minimum Gasteiger partial charge on any atom is -0.361 e. The first-order valence-electron chi connectivity index (χ1n) is 6.26. The fourth-order valence-electron chi connectivity index (χ4n) is 1.90. The van der Waals surface area contributed by atoms with Crippen molar-refractivity contribution in [2.45, 2.75) is 45.6 Å². The van der Waals surface area contributed by atoms with Crippen molar-refractivity contribution in [2.75, 3.05) is 26.2 Å². The highest BCUT2D eigenvalue weighted by molar-refractivity contribution is 7.80. The van der Waals surface area contributed by atoms with Crippen LogP contribution in [0.1, 0.15) is 40.0 Å². The van der Waals surface area contributed by atoms with E-state index in [-0.39, 0.29) is 5.54 Å². The van der Waals surface area contributed by atoms with E-state index >= 15 is 0 Å². The third kappa shape index (κ3) is 6.28. The molecule has 1 saturated heterocycles. The Kier molecular flexibility index (Phi) is 5.49. The molecule has 94 valence electrons. The molecule has 1 heterocycles. The zero-order valence-electron chi connectivity index (χ0n) is 10.8. The zero-order chi connectivity index (χ0) is 12.0. The molecule has 1 fully saturated rings. The van der Waals surface area contributed by atoms with E-state index in [1.807, 2.05) is 0 Å². The highest BCUT2D eigenvalue weighted by Gasteiger charge is 2.12. The van der Waals surface area contributed by atoms with Crippen molar-refractivity contribution in [1.29, 1.82) is 0 Å². The van der Waals surface area contributed by atoms with Crippen LogP contribution in [0.3, 0.4) is 0 Å². The first kappa shape index (κ1) is 13.7. The Labute approximate surface area is 105 Å². The molecule has 4 heteroatoms. The summed E-state index contributed by atoms with van der Waals surface area (Å²) in [6.07, 6.45) is 4.10. The minimum atomic E-state index is 0.0508. The van der Waals surface area contributed by atoms with E-state index in [4.69, 9.17) is 12.2 Å². The van der Waals surface area contributed by atoms with Gasteiger partial charge >= 0.3 is 0 Å². The summed E-state index contributed by atoms with van der Waals surface area (Å²) in [7, 11) is 0. The molecule has 1 rings (SSSR count). The average Bonchev–Trinajstić information content (AvgIpc) is 2.16. The largest absolute Gasteiger partial charge is 0.361 e. The van der Waals surface area contributed by atoms with Gasteiger partial charge in [0.15, 0.2) is 5.11 Å². The van der Waals surface area contributed by atoms with Crippen LogP contribution >= 0.6 is 12.2 Å². The number of nitrogens with one attached hydrogen (secondary N) is 2. The zero-order valence-corrected chi connectivity index (χ0v) is 11.6. The van der Waals surface area contributed by atoms with Crippen LogP contribution in [-0.2, 0) is 0 Å². The normalized spacial score (nSPS) is 18.2. The summed E-state index contributed by atoms with van der Waals surface area (Å²) in [5.74, 6) is 0. The van der Waals surface area contributed by atoms with Crippen LogP contribution < -0.4 is 10.6 Å². The molecule has 0 bridgehead atoms. The van der Waals surface area contributed by atoms with Crippen molar-refractivity contribution >= 4 is 17.3 Å². The molecule has 1 aliphatic rings. The summed E-state index contributed by atoms with van der Waals surface area (Å²) in [6, 6.07) is 0. The lowest BCUT2D eigenvalue weighted by Gasteiger charge is -2.27. The number of thiocarbonyl (C=S) groups is 1. The van der Waals surface area contributed by atoms with Crippen LogP contribution in [0.4, 0.5) is 0 Å². The van der Waals surface area contributed by atoms with E-state index in [0.717, 1.165) is 18.2 Å². The predicted molar refractivity (Wildman–Crippen MR) is 73.8 cm³/mol. The Balaban J connectivity index is 2.08. The highest BCUT2D eigenvalue weighted by Crippen LogP contribution is 2.07. The van der Waals surface area contributed by atoms with Gasteiger partial charge in [0.2, 0.25) is 0 Å². The Hall–Kier alpha value is -0.350. The Morgan fingerprint density at radius 3 is 2.38 bits per heavy atom. The van der Waals surface area contributed by atoms with Crippen LogP contribution in [-0.4, -0.2) is 41.7 Å². The second-order valence-corrected chi connectivity index (χ2v) is 5.94. The number of nitrogens with zero attached hydrogens (tertiary/aromatic N) is 1. The molecule has 0 saturated carbocycles. The van der Waals surface area contributed by atoms with Crippen molar-refractivity contribution in [1.82, 2.24) is 15.5 Å². The predicted octanol–water partition coefficient (Wildman–Crippen LogP) is 1.73. The quantitative estimate of drug-likeness (QED) is 0.738. The van der Waals surface area contributed by atoms with Gasteiger partial charge in [0.1, 0.15) is 0 Å². The Morgan fingerprint density at radius 2 is 1.81 bits per heavy atom. The Bertz CT molecular complexity index is 217. The maximum absolute atomic E-state index is 5.23. The molecule has 0 radical (unpaired) electrons. The maximum Gasteiger partial charge on any atom is 0.166 e. The molecule has 2 N–H and O–H groups in total. The second-order valence-electron chi connectivity index (χ2n) is 5.53. The molecule has 0 unspecified atom stereocenters. The van der Waals surface area contributed by atoms with Gasteiger partial charge in [-0.2, -0.15) is 0 Å². The molecule has 0 amide bonds. The van der Waals surface area contributed by atoms with Crippen molar-refractivity contribution < 1.29 is 0 Å². The SMILES string of the molecule is CC(C)(C)NC(=S)NCCN1CCCCC1. The van der Waals surface area contributed by atoms with Gasteiger partial charge in [-0.1, -0.05) is 6.42 Å². The summed E-state index contributed by atoms with van der Waals surface area (Å²) in [4.78, 5) is 2.51. The van der Waals surface area contributed by atoms with Crippen molar-refractivity contribution in [3.05, 3.63) is 0 Å². The monoisotopic (exact) mass is 243 g/mol. The highest BCUT2D eigenvalue weighted by atomic mass is 32.1. The van der Waals surface area contributed by atoms with Gasteiger partial charge in [-0.05, 0) is 58.9 Å². The second kappa shape index (κ2) is 6.40. The molecule has 0 spiro atoms. The molecule has 0 aromatic heterocycles. The molecule has 0 atom stereocenters. The number of hydrogen-bond acceptors (Lipinski definition) is 2. The van der Waals surface area contributed by atoms with E-state index in [1.54, 1.807) is 0 Å². The summed E-state index contributed by atoms with van der Waals surface area (Å²) < 4.78 is 0. The molecular weight excluding hydrogens is 218 g/mol. The summed E-state index contributed by atoms with van der Waals surface area (Å²) >= 11 is 5.23. The van der Waals surface area contributed by atoms with Crippen LogP contribution in [0, 0.1) is 0 Å². The average molecular weight is 243 g/mol. The van der Waals surface area contributed by atoms with Crippen LogP contribution in [0.2, 0.25) is 0 Å². The summed E-state index contributed by atoms with van der Waals surface area (Å²) in [5, 5.41) is 7.29. The molecule has 0 aromatic rings. The van der Waals surface area contributed by atoms with E-state index < -0.39 is 0 Å². The maximum atomic E-state index is 5.23. The molecule has 1 aliphatic heterocycles. The van der Waals surface area contributed by atoms with Gasteiger partial charge in [-0.3, -0.25) is 0 Å². The van der Waals surface area contributed by atoms with E-state index in [0.29, 0.717) is 0 Å². The third-order valence-electron chi connectivity index (χ3n) is 2.65. The van der Waals surface area contributed by atoms with Gasteiger partial charge in [-0.15, -0.1) is 0 Å². The first-order chi connectivity index (χ1) is 7.47. The lowest BCUT2D eigenvalue weighted by atomic mass is 10.1. The lowest BCUT2D eigenvalue weighted by Crippen LogP contribution is -2.48. The summed E-state index contributed by atoms with van der Waals surface area (Å²) in [6.45, 7) is 10.9. The number of rotatable bonds is 3. The van der Waals surface area contributed by atoms with Crippen molar-refractivity contribution in [3.63, 3.8) is 0 Å². The topological polar surface area (TPSA) is 27.3 Å².